The van der Waals surface area contributed by atoms with Crippen LogP contribution >= 0.6 is 0 Å². The zero-order chi connectivity index (χ0) is 13.1. The fourth-order valence-electron chi connectivity index (χ4n) is 1.33. The van der Waals surface area contributed by atoms with E-state index < -0.39 is 24.4 Å². The highest BCUT2D eigenvalue weighted by Crippen LogP contribution is 2.33. The number of carbonyl (C=O) groups is 1. The smallest absolute Gasteiger partial charge is 0.322 e. The Kier molecular flexibility index (Phi) is 4.01. The van der Waals surface area contributed by atoms with Crippen molar-refractivity contribution in [3.8, 4) is 5.75 Å². The van der Waals surface area contributed by atoms with Gasteiger partial charge in [-0.1, -0.05) is 0 Å². The second-order valence-corrected chi connectivity index (χ2v) is 3.59. The third kappa shape index (κ3) is 3.39. The molecular formula is C11H13F2NO3. The Morgan fingerprint density at radius 3 is 2.47 bits per heavy atom. The van der Waals surface area contributed by atoms with Crippen LogP contribution in [0.4, 0.5) is 8.78 Å². The minimum Gasteiger partial charge on any atom is -0.508 e. The van der Waals surface area contributed by atoms with Crippen LogP contribution in [0.2, 0.25) is 0 Å². The molecular weight excluding hydrogens is 232 g/mol. The summed E-state index contributed by atoms with van der Waals surface area (Å²) < 4.78 is 31.6. The lowest BCUT2D eigenvalue weighted by atomic mass is 10.0. The summed E-state index contributed by atoms with van der Waals surface area (Å²) in [6.07, 6.45) is -0.843. The molecule has 1 aromatic rings. The number of esters is 1. The first-order valence-corrected chi connectivity index (χ1v) is 4.87. The van der Waals surface area contributed by atoms with E-state index in [1.54, 1.807) is 0 Å². The van der Waals surface area contributed by atoms with E-state index in [4.69, 9.17) is 10.8 Å². The molecule has 17 heavy (non-hydrogen) atoms. The average molecular weight is 245 g/mol. The first-order chi connectivity index (χ1) is 7.86. The van der Waals surface area contributed by atoms with Crippen LogP contribution in [-0.2, 0) is 15.5 Å². The lowest BCUT2D eigenvalue weighted by molar-refractivity contribution is -0.145. The molecule has 1 aromatic carbocycles. The van der Waals surface area contributed by atoms with Crippen LogP contribution in [-0.4, -0.2) is 24.2 Å². The van der Waals surface area contributed by atoms with Gasteiger partial charge in [0, 0.05) is 12.0 Å². The molecule has 4 nitrogen and oxygen atoms in total. The third-order valence-electron chi connectivity index (χ3n) is 2.27. The standard InChI is InChI=1S/C11H13F2NO3/c1-17-10(16)9(14)6-11(12,13)7-2-4-8(15)5-3-7/h2-5,9,15H,6,14H2,1H3. The predicted molar refractivity (Wildman–Crippen MR) is 56.6 cm³/mol. The van der Waals surface area contributed by atoms with E-state index in [2.05, 4.69) is 4.74 Å². The molecule has 0 heterocycles. The third-order valence-corrected chi connectivity index (χ3v) is 2.27. The van der Waals surface area contributed by atoms with Crippen LogP contribution in [0.25, 0.3) is 0 Å². The van der Waals surface area contributed by atoms with Crippen molar-refractivity contribution < 1.29 is 23.4 Å². The lowest BCUT2D eigenvalue weighted by Crippen LogP contribution is -2.36. The SMILES string of the molecule is COC(=O)C(N)CC(F)(F)c1ccc(O)cc1. The van der Waals surface area contributed by atoms with Gasteiger partial charge >= 0.3 is 5.97 Å². The molecule has 0 saturated carbocycles. The number of halogens is 2. The Labute approximate surface area is 97.0 Å². The molecule has 0 fully saturated rings. The van der Waals surface area contributed by atoms with Crippen molar-refractivity contribution in [2.45, 2.75) is 18.4 Å². The van der Waals surface area contributed by atoms with E-state index in [-0.39, 0.29) is 11.3 Å². The van der Waals surface area contributed by atoms with Gasteiger partial charge in [-0.15, -0.1) is 0 Å². The zero-order valence-electron chi connectivity index (χ0n) is 9.19. The normalized spacial score (nSPS) is 13.2. The number of nitrogens with two attached hydrogens (primary N) is 1. The Morgan fingerprint density at radius 2 is 2.00 bits per heavy atom. The van der Waals surface area contributed by atoms with E-state index in [1.165, 1.54) is 0 Å². The van der Waals surface area contributed by atoms with E-state index in [0.29, 0.717) is 0 Å². The van der Waals surface area contributed by atoms with Gasteiger partial charge in [0.25, 0.3) is 5.92 Å². The molecule has 94 valence electrons. The summed E-state index contributed by atoms with van der Waals surface area (Å²) in [5.74, 6) is -4.24. The van der Waals surface area contributed by atoms with Crippen LogP contribution in [0.1, 0.15) is 12.0 Å². The number of benzene rings is 1. The maximum absolute atomic E-state index is 13.7. The Morgan fingerprint density at radius 1 is 1.47 bits per heavy atom. The maximum atomic E-state index is 13.7. The van der Waals surface area contributed by atoms with Gasteiger partial charge in [-0.3, -0.25) is 4.79 Å². The summed E-state index contributed by atoms with van der Waals surface area (Å²) in [7, 11) is 1.08. The average Bonchev–Trinajstić information content (AvgIpc) is 2.27. The van der Waals surface area contributed by atoms with Crippen molar-refractivity contribution in [1.29, 1.82) is 0 Å². The predicted octanol–water partition coefficient (Wildman–Crippen LogP) is 1.37. The Balaban J connectivity index is 2.81. The Hall–Kier alpha value is -1.69. The van der Waals surface area contributed by atoms with Crippen molar-refractivity contribution in [3.63, 3.8) is 0 Å². The first-order valence-electron chi connectivity index (χ1n) is 4.87. The molecule has 1 atom stereocenters. The number of carbonyl (C=O) groups excluding carboxylic acids is 1. The quantitative estimate of drug-likeness (QED) is 0.786. The van der Waals surface area contributed by atoms with E-state index in [9.17, 15) is 13.6 Å². The molecule has 3 N–H and O–H groups in total. The molecule has 1 unspecified atom stereocenters. The van der Waals surface area contributed by atoms with E-state index in [0.717, 1.165) is 31.4 Å². The van der Waals surface area contributed by atoms with Gasteiger partial charge < -0.3 is 15.6 Å². The largest absolute Gasteiger partial charge is 0.508 e. The molecule has 0 aromatic heterocycles. The second-order valence-electron chi connectivity index (χ2n) is 3.59. The zero-order valence-corrected chi connectivity index (χ0v) is 9.19. The number of rotatable bonds is 4. The lowest BCUT2D eigenvalue weighted by Gasteiger charge is -2.19. The summed E-state index contributed by atoms with van der Waals surface area (Å²) in [6, 6.07) is 3.07. The van der Waals surface area contributed by atoms with Gasteiger partial charge in [0.15, 0.2) is 0 Å². The second kappa shape index (κ2) is 5.09. The van der Waals surface area contributed by atoms with Crippen molar-refractivity contribution in [2.24, 2.45) is 5.73 Å². The number of aromatic hydroxyl groups is 1. The van der Waals surface area contributed by atoms with Crippen LogP contribution in [0.3, 0.4) is 0 Å². The van der Waals surface area contributed by atoms with Gasteiger partial charge in [0.05, 0.1) is 7.11 Å². The topological polar surface area (TPSA) is 72.5 Å². The molecule has 0 amide bonds. The number of hydrogen-bond donors (Lipinski definition) is 2. The summed E-state index contributed by atoms with van der Waals surface area (Å²) in [4.78, 5) is 11.0. The number of phenols is 1. The van der Waals surface area contributed by atoms with Crippen molar-refractivity contribution in [1.82, 2.24) is 0 Å². The Bertz CT molecular complexity index is 392. The maximum Gasteiger partial charge on any atom is 0.322 e. The first kappa shape index (κ1) is 13.4. The number of hydrogen-bond acceptors (Lipinski definition) is 4. The van der Waals surface area contributed by atoms with Crippen LogP contribution in [0.15, 0.2) is 24.3 Å². The summed E-state index contributed by atoms with van der Waals surface area (Å²) >= 11 is 0. The van der Waals surface area contributed by atoms with Gasteiger partial charge in [0.1, 0.15) is 11.8 Å². The van der Waals surface area contributed by atoms with Gasteiger partial charge in [-0.25, -0.2) is 8.78 Å². The number of ether oxygens (including phenoxy) is 1. The number of methoxy groups -OCH3 is 1. The van der Waals surface area contributed by atoms with Gasteiger partial charge in [0.2, 0.25) is 0 Å². The van der Waals surface area contributed by atoms with Gasteiger partial charge in [-0.2, -0.15) is 0 Å². The fraction of sp³-hybridized carbons (Fsp3) is 0.364. The minimum absolute atomic E-state index is 0.109. The van der Waals surface area contributed by atoms with E-state index in [1.807, 2.05) is 0 Å². The van der Waals surface area contributed by atoms with Crippen molar-refractivity contribution in [3.05, 3.63) is 29.8 Å². The highest BCUT2D eigenvalue weighted by molar-refractivity contribution is 5.75. The van der Waals surface area contributed by atoms with Crippen molar-refractivity contribution in [2.75, 3.05) is 7.11 Å². The molecule has 0 radical (unpaired) electrons. The monoisotopic (exact) mass is 245 g/mol. The van der Waals surface area contributed by atoms with Crippen LogP contribution in [0.5, 0.6) is 5.75 Å². The minimum atomic E-state index is -3.25. The molecule has 0 spiro atoms. The molecule has 0 aliphatic carbocycles. The van der Waals surface area contributed by atoms with Crippen LogP contribution < -0.4 is 5.73 Å². The molecule has 0 bridgehead atoms. The number of alkyl halides is 2. The summed E-state index contributed by atoms with van der Waals surface area (Å²) in [5, 5.41) is 8.99. The highest BCUT2D eigenvalue weighted by atomic mass is 19.3. The molecule has 6 heteroatoms. The molecule has 0 aliphatic heterocycles. The summed E-state index contributed by atoms with van der Waals surface area (Å²) in [6.45, 7) is 0. The number of phenolic OH excluding ortho intramolecular Hbond substituents is 1. The van der Waals surface area contributed by atoms with Crippen LogP contribution in [0, 0.1) is 0 Å². The highest BCUT2D eigenvalue weighted by Gasteiger charge is 2.36. The molecule has 1 rings (SSSR count). The van der Waals surface area contributed by atoms with Crippen molar-refractivity contribution >= 4 is 5.97 Å². The summed E-state index contributed by atoms with van der Waals surface area (Å²) in [5.41, 5.74) is 4.97. The van der Waals surface area contributed by atoms with Gasteiger partial charge in [-0.05, 0) is 24.3 Å². The van der Waals surface area contributed by atoms with E-state index >= 15 is 0 Å². The molecule has 0 aliphatic rings. The fourth-order valence-corrected chi connectivity index (χ4v) is 1.33. The molecule has 0 saturated heterocycles.